The first-order chi connectivity index (χ1) is 41.7. The maximum Gasteiger partial charge on any atom is 0.187 e. The van der Waals surface area contributed by atoms with E-state index in [-0.39, 0.29) is 52.7 Å². The van der Waals surface area contributed by atoms with Crippen molar-refractivity contribution in [3.8, 4) is 0 Å². The average Bonchev–Trinajstić information content (AvgIpc) is 0.812. The highest BCUT2D eigenvalue weighted by Gasteiger charge is 2.56. The van der Waals surface area contributed by atoms with Crippen molar-refractivity contribution in [2.75, 3.05) is 184 Å². The van der Waals surface area contributed by atoms with E-state index in [9.17, 15) is 76.6 Å². The molecule has 0 aromatic carbocycles. The largest absolute Gasteiger partial charge is 0.387 e. The van der Waals surface area contributed by atoms with E-state index in [0.29, 0.717) is 31.0 Å². The van der Waals surface area contributed by atoms with Crippen LogP contribution in [0.4, 0.5) is 0 Å². The molecule has 34 heteroatoms. The van der Waals surface area contributed by atoms with Gasteiger partial charge in [-0.2, -0.15) is 0 Å². The van der Waals surface area contributed by atoms with Crippen LogP contribution in [0.25, 0.3) is 0 Å². The van der Waals surface area contributed by atoms with Gasteiger partial charge in [-0.3, -0.25) is 0 Å². The number of quaternary nitrogens is 4. The van der Waals surface area contributed by atoms with E-state index in [0.717, 1.165) is 0 Å². The van der Waals surface area contributed by atoms with Gasteiger partial charge < -0.3 is 166 Å². The summed E-state index contributed by atoms with van der Waals surface area (Å²) < 4.78 is 90.3. The van der Waals surface area contributed by atoms with Gasteiger partial charge >= 0.3 is 0 Å². The second-order valence-electron chi connectivity index (χ2n) is 28.3. The predicted octanol–water partition coefficient (Wildman–Crippen LogP) is -10.3. The molecule has 14 unspecified atom stereocenters. The molecule has 0 aromatic rings. The number of nitrogens with zero attached hydrogens (tertiary/aromatic N) is 4. The van der Waals surface area contributed by atoms with Gasteiger partial charge in [-0.15, -0.1) is 0 Å². The second-order valence-corrected chi connectivity index (χ2v) is 28.3. The predicted molar refractivity (Wildman–Crippen MR) is 307 cm³/mol. The first-order valence-electron chi connectivity index (χ1n) is 30.4. The number of hydrogen-bond donors (Lipinski definition) is 15. The lowest BCUT2D eigenvalue weighted by atomic mass is 9.95. The molecule has 29 atom stereocenters. The molecule has 34 nitrogen and oxygen atoms in total. The van der Waals surface area contributed by atoms with Crippen molar-refractivity contribution >= 4 is 0 Å². The number of rotatable bonds is 35. The Labute approximate surface area is 526 Å². The maximum atomic E-state index is 12.1. The number of aliphatic hydroxyl groups excluding tert-OH is 15. The van der Waals surface area contributed by atoms with E-state index in [1.807, 2.05) is 84.6 Å². The molecular formula is C56H112N4O30+4. The fourth-order valence-electron chi connectivity index (χ4n) is 11.4. The van der Waals surface area contributed by atoms with Gasteiger partial charge in [0.05, 0.1) is 144 Å². The Kier molecular flexibility index (Phi) is 30.6. The van der Waals surface area contributed by atoms with Gasteiger partial charge in [0.15, 0.2) is 31.5 Å². The number of ether oxygens (including phenoxy) is 15. The molecule has 0 spiro atoms. The van der Waals surface area contributed by atoms with Crippen LogP contribution in [0.1, 0.15) is 0 Å². The highest BCUT2D eigenvalue weighted by Crippen LogP contribution is 2.36. The van der Waals surface area contributed by atoms with E-state index in [4.69, 9.17) is 71.1 Å². The van der Waals surface area contributed by atoms with Gasteiger partial charge in [0, 0.05) is 14.2 Å². The Morgan fingerprint density at radius 1 is 0.289 bits per heavy atom. The lowest BCUT2D eigenvalue weighted by Gasteiger charge is -2.49. The van der Waals surface area contributed by atoms with Crippen molar-refractivity contribution in [1.29, 1.82) is 0 Å². The average molecular weight is 1320 g/mol. The summed E-state index contributed by atoms with van der Waals surface area (Å²) in [6.45, 7) is -2.08. The summed E-state index contributed by atoms with van der Waals surface area (Å²) in [7, 11) is 24.8. The second kappa shape index (κ2) is 34.7. The molecule has 0 bridgehead atoms. The van der Waals surface area contributed by atoms with Crippen molar-refractivity contribution in [2.24, 2.45) is 0 Å². The Morgan fingerprint density at radius 2 is 0.544 bits per heavy atom. The molecule has 0 aliphatic carbocycles. The van der Waals surface area contributed by atoms with Crippen LogP contribution in [-0.2, 0) is 71.1 Å². The van der Waals surface area contributed by atoms with Crippen LogP contribution >= 0.6 is 0 Å². The van der Waals surface area contributed by atoms with E-state index in [1.165, 1.54) is 14.2 Å². The van der Waals surface area contributed by atoms with Crippen molar-refractivity contribution in [3.63, 3.8) is 0 Å². The van der Waals surface area contributed by atoms with Crippen LogP contribution in [0, 0.1) is 0 Å². The monoisotopic (exact) mass is 1320 g/mol. The molecule has 5 saturated heterocycles. The standard InChI is InChI=1S/C56H112N4O30/c1-57(2,3)15-28(61)19-78-23-32-37(65)38(66)43(71)53(83-32)82-27-36-51(40(68)44(72)52(77-14)84-36)90-56-47(75)42(70)50(35(87-56)26-81-22-31(64)18-60(10,11)12)89-55-46(74)41(69)49(34(86-55)25-80-21-30(63)17-59(7,8)9)88-54-45(73)39(67)48(76-13)33(85-54)24-79-20-29(62)16-58(4,5)6/h28-56,61-75H,15-27H2,1-14H3/q+4/t28?,29?,30?,31?,32-,33?,34-,35?,36-,37-,38?,39-,40?,41?,42+,43?,44?,45?,46?,47?,48+,49+,50+,51+,52-,53-,54-,55+,56-/m0/s1. The SMILES string of the molecule is CO[C@H]1O[C@@H](CO[C@H]2O[C@@H](COCC(O)C[N+](C)(C)C)[C@H](O)C(O)C2O)[C@@H](O[C@@H]2OC(COCC(O)C[N+](C)(C)C)[C@@H](O[C@H]3O[C@@H](COCC(O)C[N+](C)(C)C)[C@@H](O[C@@H]4OC(COCC(O)C[N+](C)(C)C)[C@@H](OC)[C@@H](O)C4O)C(O)C3O)[C@H](O)C2O)C(O)C1O. The fourth-order valence-corrected chi connectivity index (χ4v) is 11.4. The van der Waals surface area contributed by atoms with Crippen LogP contribution in [0.3, 0.4) is 0 Å². The normalized spacial score (nSPS) is 39.9. The zero-order valence-electron chi connectivity index (χ0n) is 54.6. The Balaban J connectivity index is 1.39. The molecule has 5 rings (SSSR count). The number of methoxy groups -OCH3 is 2. The van der Waals surface area contributed by atoms with Gasteiger partial charge in [-0.1, -0.05) is 0 Å². The third-order valence-corrected chi connectivity index (χ3v) is 15.4. The molecule has 5 aliphatic rings. The summed E-state index contributed by atoms with van der Waals surface area (Å²) in [5.74, 6) is 0. The summed E-state index contributed by atoms with van der Waals surface area (Å²) in [5, 5.41) is 169. The highest BCUT2D eigenvalue weighted by atomic mass is 16.8. The van der Waals surface area contributed by atoms with Gasteiger partial charge in [-0.25, -0.2) is 0 Å². The fraction of sp³-hybridized carbons (Fsp3) is 1.00. The minimum Gasteiger partial charge on any atom is -0.387 e. The van der Waals surface area contributed by atoms with E-state index >= 15 is 0 Å². The van der Waals surface area contributed by atoms with E-state index in [2.05, 4.69) is 0 Å². The molecule has 90 heavy (non-hydrogen) atoms. The van der Waals surface area contributed by atoms with Crippen LogP contribution in [0.5, 0.6) is 0 Å². The lowest BCUT2D eigenvalue weighted by molar-refractivity contribution is -0.873. The van der Waals surface area contributed by atoms with Crippen LogP contribution < -0.4 is 0 Å². The minimum atomic E-state index is -2.14. The zero-order chi connectivity index (χ0) is 67.5. The van der Waals surface area contributed by atoms with Crippen LogP contribution in [0.2, 0.25) is 0 Å². The number of likely N-dealkylation sites (N-methyl/N-ethyl adjacent to an activating group) is 4. The van der Waals surface area contributed by atoms with Gasteiger partial charge in [0.1, 0.15) is 173 Å². The van der Waals surface area contributed by atoms with Crippen molar-refractivity contribution in [2.45, 2.75) is 178 Å². The molecular weight excluding hydrogens is 1210 g/mol. The minimum absolute atomic E-state index is 0.128. The molecule has 5 aliphatic heterocycles. The third-order valence-electron chi connectivity index (χ3n) is 15.4. The summed E-state index contributed by atoms with van der Waals surface area (Å²) in [5.41, 5.74) is 0. The molecule has 0 saturated carbocycles. The maximum absolute atomic E-state index is 12.1. The van der Waals surface area contributed by atoms with E-state index < -0.39 is 198 Å². The Bertz CT molecular complexity index is 2040. The molecule has 0 amide bonds. The molecule has 0 radical (unpaired) electrons. The van der Waals surface area contributed by atoms with E-state index in [1.54, 1.807) is 0 Å². The summed E-state index contributed by atoms with van der Waals surface area (Å²) in [6, 6.07) is 0. The highest BCUT2D eigenvalue weighted by molar-refractivity contribution is 4.99. The number of aliphatic hydroxyl groups is 15. The molecule has 15 N–H and O–H groups in total. The molecule has 532 valence electrons. The molecule has 5 heterocycles. The van der Waals surface area contributed by atoms with Crippen molar-refractivity contribution in [3.05, 3.63) is 0 Å². The van der Waals surface area contributed by atoms with Gasteiger partial charge in [-0.05, 0) is 0 Å². The van der Waals surface area contributed by atoms with Gasteiger partial charge in [0.25, 0.3) is 0 Å². The Morgan fingerprint density at radius 3 is 0.856 bits per heavy atom. The van der Waals surface area contributed by atoms with Gasteiger partial charge in [0.2, 0.25) is 0 Å². The first kappa shape index (κ1) is 79.3. The zero-order valence-corrected chi connectivity index (χ0v) is 54.6. The van der Waals surface area contributed by atoms with Crippen molar-refractivity contribution < 1.29 is 166 Å². The van der Waals surface area contributed by atoms with Crippen LogP contribution in [0.15, 0.2) is 0 Å². The summed E-state index contributed by atoms with van der Waals surface area (Å²) >= 11 is 0. The molecule has 5 fully saturated rings. The molecule has 0 aromatic heterocycles. The van der Waals surface area contributed by atoms with Crippen LogP contribution in [-0.4, -0.2) is 457 Å². The third kappa shape index (κ3) is 23.7. The Hall–Kier alpha value is -1.36. The first-order valence-corrected chi connectivity index (χ1v) is 30.4. The van der Waals surface area contributed by atoms with Crippen molar-refractivity contribution in [1.82, 2.24) is 0 Å². The quantitative estimate of drug-likeness (QED) is 0.0262. The smallest absolute Gasteiger partial charge is 0.187 e. The number of hydrogen-bond acceptors (Lipinski definition) is 30. The summed E-state index contributed by atoms with van der Waals surface area (Å²) in [4.78, 5) is 0. The lowest BCUT2D eigenvalue weighted by Crippen LogP contribution is -2.68. The topological polar surface area (TPSA) is 442 Å². The summed E-state index contributed by atoms with van der Waals surface area (Å²) in [6.07, 6.45) is -47.1.